The highest BCUT2D eigenvalue weighted by Gasteiger charge is 2.31. The van der Waals surface area contributed by atoms with Gasteiger partial charge in [-0.05, 0) is 57.0 Å². The van der Waals surface area contributed by atoms with Crippen LogP contribution in [-0.2, 0) is 4.79 Å². The quantitative estimate of drug-likeness (QED) is 0.807. The average molecular weight is 414 g/mol. The smallest absolute Gasteiger partial charge is 0.246 e. The number of rotatable bonds is 4. The lowest BCUT2D eigenvalue weighted by Gasteiger charge is -2.12. The van der Waals surface area contributed by atoms with Crippen molar-refractivity contribution in [2.24, 2.45) is 0 Å². The minimum atomic E-state index is -0.283. The molecule has 21 heavy (non-hydrogen) atoms. The highest BCUT2D eigenvalue weighted by Crippen LogP contribution is 2.36. The predicted octanol–water partition coefficient (Wildman–Crippen LogP) is 3.39. The van der Waals surface area contributed by atoms with Gasteiger partial charge in [0.1, 0.15) is 6.04 Å². The molecule has 1 aromatic carbocycles. The van der Waals surface area contributed by atoms with E-state index in [9.17, 15) is 4.79 Å². The first-order valence-electron chi connectivity index (χ1n) is 6.68. The molecule has 0 bridgehead atoms. The number of carbonyl (C=O) groups is 1. The van der Waals surface area contributed by atoms with Crippen LogP contribution in [0.5, 0.6) is 0 Å². The lowest BCUT2D eigenvalue weighted by Crippen LogP contribution is -2.28. The van der Waals surface area contributed by atoms with Gasteiger partial charge in [-0.15, -0.1) is 0 Å². The Labute approximate surface area is 139 Å². The van der Waals surface area contributed by atoms with Gasteiger partial charge in [0.05, 0.1) is 16.4 Å². The van der Waals surface area contributed by atoms with E-state index in [2.05, 4.69) is 54.5 Å². The molecule has 0 saturated carbocycles. The third-order valence-electron chi connectivity index (χ3n) is 3.35. The molecule has 0 spiro atoms. The summed E-state index contributed by atoms with van der Waals surface area (Å²) >= 11 is 6.95. The van der Waals surface area contributed by atoms with Gasteiger partial charge in [0.25, 0.3) is 0 Å². The summed E-state index contributed by atoms with van der Waals surface area (Å²) in [5.74, 6) is -0.0101. The molecule has 1 unspecified atom stereocenters. The van der Waals surface area contributed by atoms with Gasteiger partial charge in [0.2, 0.25) is 5.91 Å². The molecule has 2 N–H and O–H groups in total. The van der Waals surface area contributed by atoms with E-state index in [1.54, 1.807) is 10.9 Å². The van der Waals surface area contributed by atoms with Crippen molar-refractivity contribution in [2.75, 3.05) is 11.9 Å². The normalized spacial score (nSPS) is 16.9. The molecule has 0 radical (unpaired) electrons. The standard InChI is InChI=1S/C14H14Br2N4O/c1-2-3-17-13-9-4-10(16)12(5-11(9)19-14(13)21)20-7-8(15)6-18-20/h4-7,13,17H,2-3H2,1H3,(H,19,21). The van der Waals surface area contributed by atoms with Gasteiger partial charge >= 0.3 is 0 Å². The first-order chi connectivity index (χ1) is 10.1. The lowest BCUT2D eigenvalue weighted by atomic mass is 10.1. The first-order valence-corrected chi connectivity index (χ1v) is 8.27. The van der Waals surface area contributed by atoms with E-state index in [0.29, 0.717) is 0 Å². The number of nitrogens with one attached hydrogen (secondary N) is 2. The van der Waals surface area contributed by atoms with Crippen LogP contribution in [0.4, 0.5) is 5.69 Å². The van der Waals surface area contributed by atoms with Crippen LogP contribution in [0, 0.1) is 0 Å². The summed E-state index contributed by atoms with van der Waals surface area (Å²) in [5.41, 5.74) is 2.68. The Hall–Kier alpha value is -1.18. The largest absolute Gasteiger partial charge is 0.324 e. The fraction of sp³-hybridized carbons (Fsp3) is 0.286. The number of halogens is 2. The highest BCUT2D eigenvalue weighted by atomic mass is 79.9. The molecule has 1 atom stereocenters. The van der Waals surface area contributed by atoms with E-state index < -0.39 is 0 Å². The number of fused-ring (bicyclic) bond motifs is 1. The van der Waals surface area contributed by atoms with Crippen molar-refractivity contribution < 1.29 is 4.79 Å². The first kappa shape index (κ1) is 14.7. The Morgan fingerprint density at radius 1 is 1.43 bits per heavy atom. The van der Waals surface area contributed by atoms with Crippen molar-refractivity contribution in [1.82, 2.24) is 15.1 Å². The predicted molar refractivity (Wildman–Crippen MR) is 88.6 cm³/mol. The molecule has 7 heteroatoms. The van der Waals surface area contributed by atoms with Crippen molar-refractivity contribution >= 4 is 43.5 Å². The monoisotopic (exact) mass is 412 g/mol. The van der Waals surface area contributed by atoms with Gasteiger partial charge in [-0.2, -0.15) is 5.10 Å². The van der Waals surface area contributed by atoms with Crippen molar-refractivity contribution in [1.29, 1.82) is 0 Å². The Morgan fingerprint density at radius 3 is 2.90 bits per heavy atom. The number of hydrogen-bond donors (Lipinski definition) is 2. The van der Waals surface area contributed by atoms with Crippen LogP contribution in [0.25, 0.3) is 5.69 Å². The molecule has 1 aliphatic heterocycles. The van der Waals surface area contributed by atoms with E-state index in [1.165, 1.54) is 0 Å². The maximum atomic E-state index is 12.1. The van der Waals surface area contributed by atoms with Crippen molar-refractivity contribution in [3.05, 3.63) is 39.0 Å². The molecule has 5 nitrogen and oxygen atoms in total. The minimum Gasteiger partial charge on any atom is -0.324 e. The van der Waals surface area contributed by atoms with Gasteiger partial charge in [0.15, 0.2) is 0 Å². The Bertz CT molecular complexity index is 698. The van der Waals surface area contributed by atoms with Crippen LogP contribution in [0.3, 0.4) is 0 Å². The summed E-state index contributed by atoms with van der Waals surface area (Å²) in [5, 5.41) is 10.5. The summed E-state index contributed by atoms with van der Waals surface area (Å²) in [6.07, 6.45) is 4.58. The van der Waals surface area contributed by atoms with Crippen LogP contribution < -0.4 is 10.6 Å². The zero-order chi connectivity index (χ0) is 15.0. The second-order valence-corrected chi connectivity index (χ2v) is 6.64. The molecule has 3 rings (SSSR count). The second kappa shape index (κ2) is 5.90. The van der Waals surface area contributed by atoms with Crippen LogP contribution in [-0.4, -0.2) is 22.2 Å². The third-order valence-corrected chi connectivity index (χ3v) is 4.39. The summed E-state index contributed by atoms with van der Waals surface area (Å²) in [6, 6.07) is 3.63. The fourth-order valence-corrected chi connectivity index (χ4v) is 3.20. The van der Waals surface area contributed by atoms with E-state index in [0.717, 1.165) is 38.8 Å². The maximum Gasteiger partial charge on any atom is 0.246 e. The maximum absolute atomic E-state index is 12.1. The summed E-state index contributed by atoms with van der Waals surface area (Å²) in [7, 11) is 0. The van der Waals surface area contributed by atoms with Gasteiger partial charge in [0, 0.05) is 21.9 Å². The number of aromatic nitrogens is 2. The molecular formula is C14H14Br2N4O. The minimum absolute atomic E-state index is 0.0101. The summed E-state index contributed by atoms with van der Waals surface area (Å²) in [4.78, 5) is 12.1. The molecule has 1 aliphatic rings. The molecule has 110 valence electrons. The second-order valence-electron chi connectivity index (χ2n) is 4.87. The summed E-state index contributed by atoms with van der Waals surface area (Å²) in [6.45, 7) is 2.89. The Balaban J connectivity index is 1.99. The molecule has 2 aromatic rings. The fourth-order valence-electron chi connectivity index (χ4n) is 2.37. The number of hydrogen-bond acceptors (Lipinski definition) is 3. The zero-order valence-electron chi connectivity index (χ0n) is 11.4. The Kier molecular flexibility index (Phi) is 4.14. The average Bonchev–Trinajstić information content (AvgIpc) is 2.99. The van der Waals surface area contributed by atoms with Crippen LogP contribution in [0.1, 0.15) is 24.9 Å². The third kappa shape index (κ3) is 2.77. The van der Waals surface area contributed by atoms with Gasteiger partial charge in [-0.25, -0.2) is 4.68 Å². The lowest BCUT2D eigenvalue weighted by molar-refractivity contribution is -0.117. The molecule has 2 heterocycles. The van der Waals surface area contributed by atoms with Gasteiger partial charge in [-0.3, -0.25) is 4.79 Å². The van der Waals surface area contributed by atoms with Gasteiger partial charge < -0.3 is 10.6 Å². The van der Waals surface area contributed by atoms with E-state index >= 15 is 0 Å². The SMILES string of the molecule is CCCNC1C(=O)Nc2cc(-n3cc(Br)cn3)c(Br)cc21. The van der Waals surface area contributed by atoms with Crippen molar-refractivity contribution in [2.45, 2.75) is 19.4 Å². The number of carbonyl (C=O) groups excluding carboxylic acids is 1. The molecule has 0 saturated heterocycles. The zero-order valence-corrected chi connectivity index (χ0v) is 14.5. The molecule has 0 fully saturated rings. The molecule has 1 aromatic heterocycles. The van der Waals surface area contributed by atoms with Gasteiger partial charge in [-0.1, -0.05) is 6.92 Å². The summed E-state index contributed by atoms with van der Waals surface area (Å²) < 4.78 is 3.56. The number of amides is 1. The number of benzene rings is 1. The Morgan fingerprint density at radius 2 is 2.24 bits per heavy atom. The van der Waals surface area contributed by atoms with Crippen LogP contribution in [0.2, 0.25) is 0 Å². The highest BCUT2D eigenvalue weighted by molar-refractivity contribution is 9.10. The van der Waals surface area contributed by atoms with Crippen molar-refractivity contribution in [3.63, 3.8) is 0 Å². The molecular weight excluding hydrogens is 400 g/mol. The molecule has 1 amide bonds. The van der Waals surface area contributed by atoms with Crippen LogP contribution in [0.15, 0.2) is 33.5 Å². The van der Waals surface area contributed by atoms with E-state index in [1.807, 2.05) is 18.3 Å². The number of nitrogens with zero attached hydrogens (tertiary/aromatic N) is 2. The van der Waals surface area contributed by atoms with E-state index in [-0.39, 0.29) is 11.9 Å². The van der Waals surface area contributed by atoms with E-state index in [4.69, 9.17) is 0 Å². The number of anilines is 1. The topological polar surface area (TPSA) is 59.0 Å². The van der Waals surface area contributed by atoms with Crippen molar-refractivity contribution in [3.8, 4) is 5.69 Å². The molecule has 0 aliphatic carbocycles. The van der Waals surface area contributed by atoms with Crippen LogP contribution >= 0.6 is 31.9 Å².